The van der Waals surface area contributed by atoms with Gasteiger partial charge in [0.05, 0.1) is 6.04 Å². The molecular weight excluding hydrogens is 204 g/mol. The summed E-state index contributed by atoms with van der Waals surface area (Å²) in [5.74, 6) is 0.602. The summed E-state index contributed by atoms with van der Waals surface area (Å²) in [4.78, 5) is 16.5. The molecule has 0 rings (SSSR count). The average molecular weight is 228 g/mol. The second-order valence-corrected chi connectivity index (χ2v) is 3.71. The minimum atomic E-state index is -0.322. The lowest BCUT2D eigenvalue weighted by atomic mass is 10.1. The van der Waals surface area contributed by atoms with Gasteiger partial charge in [0.1, 0.15) is 6.29 Å². The van der Waals surface area contributed by atoms with Crippen LogP contribution >= 0.6 is 0 Å². The SMILES string of the molecule is CCN=C(N)N(CC)CCCC[C@H](N)C=O. The number of hydrogen-bond donors (Lipinski definition) is 2. The maximum atomic E-state index is 10.3. The first-order chi connectivity index (χ1) is 7.65. The van der Waals surface area contributed by atoms with Crippen LogP contribution in [0.4, 0.5) is 0 Å². The van der Waals surface area contributed by atoms with Crippen LogP contribution in [0.25, 0.3) is 0 Å². The molecule has 0 saturated carbocycles. The van der Waals surface area contributed by atoms with Crippen LogP contribution in [0.3, 0.4) is 0 Å². The first-order valence-corrected chi connectivity index (χ1v) is 5.91. The second-order valence-electron chi connectivity index (χ2n) is 3.71. The Morgan fingerprint density at radius 2 is 2.12 bits per heavy atom. The largest absolute Gasteiger partial charge is 0.370 e. The molecule has 0 aromatic rings. The minimum absolute atomic E-state index is 0.322. The number of hydrogen-bond acceptors (Lipinski definition) is 3. The molecule has 0 saturated heterocycles. The summed E-state index contributed by atoms with van der Waals surface area (Å²) < 4.78 is 0. The zero-order chi connectivity index (χ0) is 12.4. The van der Waals surface area contributed by atoms with Crippen LogP contribution in [0.15, 0.2) is 4.99 Å². The van der Waals surface area contributed by atoms with Gasteiger partial charge in [-0.25, -0.2) is 0 Å². The molecular formula is C11H24N4O. The number of carbonyl (C=O) groups excluding carboxylic acids is 1. The van der Waals surface area contributed by atoms with E-state index in [2.05, 4.69) is 11.9 Å². The van der Waals surface area contributed by atoms with Crippen molar-refractivity contribution in [2.24, 2.45) is 16.5 Å². The molecule has 1 atom stereocenters. The van der Waals surface area contributed by atoms with E-state index in [1.807, 2.05) is 11.8 Å². The summed E-state index contributed by atoms with van der Waals surface area (Å²) in [5, 5.41) is 0. The van der Waals surface area contributed by atoms with Crippen molar-refractivity contribution in [3.05, 3.63) is 0 Å². The topological polar surface area (TPSA) is 84.7 Å². The molecule has 94 valence electrons. The fourth-order valence-electron chi connectivity index (χ4n) is 1.45. The first-order valence-electron chi connectivity index (χ1n) is 5.91. The normalized spacial score (nSPS) is 13.6. The van der Waals surface area contributed by atoms with E-state index in [1.165, 1.54) is 0 Å². The van der Waals surface area contributed by atoms with Crippen LogP contribution < -0.4 is 11.5 Å². The van der Waals surface area contributed by atoms with Gasteiger partial charge in [-0.1, -0.05) is 0 Å². The Morgan fingerprint density at radius 1 is 1.44 bits per heavy atom. The van der Waals surface area contributed by atoms with Crippen molar-refractivity contribution < 1.29 is 4.79 Å². The molecule has 0 radical (unpaired) electrons. The number of nitrogens with zero attached hydrogens (tertiary/aromatic N) is 2. The molecule has 0 bridgehead atoms. The molecule has 0 fully saturated rings. The van der Waals surface area contributed by atoms with Gasteiger partial charge in [-0.15, -0.1) is 0 Å². The highest BCUT2D eigenvalue weighted by Gasteiger charge is 2.05. The fraction of sp³-hybridized carbons (Fsp3) is 0.818. The average Bonchev–Trinajstić information content (AvgIpc) is 2.29. The van der Waals surface area contributed by atoms with Crippen LogP contribution in [-0.4, -0.2) is 42.8 Å². The molecule has 5 heteroatoms. The van der Waals surface area contributed by atoms with Gasteiger partial charge in [0, 0.05) is 19.6 Å². The van der Waals surface area contributed by atoms with E-state index >= 15 is 0 Å². The molecule has 0 unspecified atom stereocenters. The molecule has 0 spiro atoms. The highest BCUT2D eigenvalue weighted by Crippen LogP contribution is 2.00. The van der Waals surface area contributed by atoms with E-state index in [0.29, 0.717) is 12.5 Å². The third kappa shape index (κ3) is 6.40. The highest BCUT2D eigenvalue weighted by atomic mass is 16.1. The van der Waals surface area contributed by atoms with Crippen molar-refractivity contribution in [2.45, 2.75) is 39.2 Å². The predicted molar refractivity (Wildman–Crippen MR) is 67.3 cm³/mol. The maximum Gasteiger partial charge on any atom is 0.191 e. The van der Waals surface area contributed by atoms with Gasteiger partial charge < -0.3 is 21.2 Å². The number of unbranched alkanes of at least 4 members (excludes halogenated alkanes) is 1. The number of rotatable bonds is 8. The molecule has 4 N–H and O–H groups in total. The quantitative estimate of drug-likeness (QED) is 0.271. The summed E-state index contributed by atoms with van der Waals surface area (Å²) in [5.41, 5.74) is 11.3. The van der Waals surface area contributed by atoms with Crippen LogP contribution in [0.2, 0.25) is 0 Å². The summed E-state index contributed by atoms with van der Waals surface area (Å²) in [6.45, 7) is 6.45. The molecule has 0 heterocycles. The standard InChI is InChI=1S/C11H24N4O/c1-3-14-11(13)15(4-2)8-6-5-7-10(12)9-16/h9-10H,3-8,12H2,1-2H3,(H2,13,14)/t10-/m0/s1. The van der Waals surface area contributed by atoms with Gasteiger partial charge in [0.25, 0.3) is 0 Å². The van der Waals surface area contributed by atoms with Crippen molar-refractivity contribution in [1.29, 1.82) is 0 Å². The lowest BCUT2D eigenvalue weighted by Gasteiger charge is -2.21. The van der Waals surface area contributed by atoms with Gasteiger partial charge >= 0.3 is 0 Å². The smallest absolute Gasteiger partial charge is 0.191 e. The van der Waals surface area contributed by atoms with Crippen LogP contribution in [0.5, 0.6) is 0 Å². The Hall–Kier alpha value is -1.10. The maximum absolute atomic E-state index is 10.3. The van der Waals surface area contributed by atoms with Gasteiger partial charge in [-0.2, -0.15) is 0 Å². The molecule has 0 amide bonds. The summed E-state index contributed by atoms with van der Waals surface area (Å²) >= 11 is 0. The van der Waals surface area contributed by atoms with Crippen molar-refractivity contribution in [3.63, 3.8) is 0 Å². The van der Waals surface area contributed by atoms with Gasteiger partial charge in [0.2, 0.25) is 0 Å². The molecule has 0 aromatic heterocycles. The van der Waals surface area contributed by atoms with Gasteiger partial charge in [-0.3, -0.25) is 4.99 Å². The van der Waals surface area contributed by atoms with E-state index in [1.54, 1.807) is 0 Å². The van der Waals surface area contributed by atoms with Crippen molar-refractivity contribution in [1.82, 2.24) is 4.90 Å². The van der Waals surface area contributed by atoms with Gasteiger partial charge in [-0.05, 0) is 33.1 Å². The Bertz CT molecular complexity index is 218. The lowest BCUT2D eigenvalue weighted by Crippen LogP contribution is -2.38. The third-order valence-corrected chi connectivity index (χ3v) is 2.42. The van der Waals surface area contributed by atoms with E-state index in [4.69, 9.17) is 11.5 Å². The van der Waals surface area contributed by atoms with E-state index in [9.17, 15) is 4.79 Å². The summed E-state index contributed by atoms with van der Waals surface area (Å²) in [7, 11) is 0. The number of carbonyl (C=O) groups is 1. The Balaban J connectivity index is 3.79. The summed E-state index contributed by atoms with van der Waals surface area (Å²) in [6.07, 6.45) is 3.46. The molecule has 0 aromatic carbocycles. The molecule has 0 aliphatic rings. The third-order valence-electron chi connectivity index (χ3n) is 2.42. The Kier molecular flexibility index (Phi) is 8.52. The van der Waals surface area contributed by atoms with E-state index < -0.39 is 0 Å². The Labute approximate surface area is 97.9 Å². The van der Waals surface area contributed by atoms with Gasteiger partial charge in [0.15, 0.2) is 5.96 Å². The Morgan fingerprint density at radius 3 is 2.62 bits per heavy atom. The number of aliphatic imine (C=N–C) groups is 1. The number of aldehydes is 1. The van der Waals surface area contributed by atoms with Crippen molar-refractivity contribution >= 4 is 12.2 Å². The molecule has 16 heavy (non-hydrogen) atoms. The summed E-state index contributed by atoms with van der Waals surface area (Å²) in [6, 6.07) is -0.322. The zero-order valence-corrected chi connectivity index (χ0v) is 10.4. The van der Waals surface area contributed by atoms with Crippen molar-refractivity contribution in [3.8, 4) is 0 Å². The predicted octanol–water partition coefficient (Wildman–Crippen LogP) is 0.339. The molecule has 0 aliphatic heterocycles. The number of guanidine groups is 1. The van der Waals surface area contributed by atoms with Crippen molar-refractivity contribution in [2.75, 3.05) is 19.6 Å². The molecule has 5 nitrogen and oxygen atoms in total. The van der Waals surface area contributed by atoms with E-state index in [-0.39, 0.29) is 6.04 Å². The fourth-order valence-corrected chi connectivity index (χ4v) is 1.45. The van der Waals surface area contributed by atoms with Crippen LogP contribution in [-0.2, 0) is 4.79 Å². The second kappa shape index (κ2) is 9.15. The number of nitrogens with two attached hydrogens (primary N) is 2. The van der Waals surface area contributed by atoms with Crippen LogP contribution in [0.1, 0.15) is 33.1 Å². The molecule has 0 aliphatic carbocycles. The van der Waals surface area contributed by atoms with Crippen LogP contribution in [0, 0.1) is 0 Å². The highest BCUT2D eigenvalue weighted by molar-refractivity contribution is 5.77. The zero-order valence-electron chi connectivity index (χ0n) is 10.4. The lowest BCUT2D eigenvalue weighted by molar-refractivity contribution is -0.109. The monoisotopic (exact) mass is 228 g/mol. The van der Waals surface area contributed by atoms with E-state index in [0.717, 1.165) is 38.6 Å². The first kappa shape index (κ1) is 14.9. The minimum Gasteiger partial charge on any atom is -0.370 e.